The Hall–Kier alpha value is -1.62. The molecule has 1 aliphatic heterocycles. The predicted octanol–water partition coefficient (Wildman–Crippen LogP) is 1.29. The van der Waals surface area contributed by atoms with Crippen molar-refractivity contribution in [2.45, 2.75) is 26.3 Å². The van der Waals surface area contributed by atoms with Crippen molar-refractivity contribution < 1.29 is 0 Å². The highest BCUT2D eigenvalue weighted by Gasteiger charge is 2.25. The number of nitrogens with zero attached hydrogens (tertiary/aromatic N) is 3. The van der Waals surface area contributed by atoms with Gasteiger partial charge in [-0.25, -0.2) is 0 Å². The Balaban J connectivity index is 2.00. The van der Waals surface area contributed by atoms with E-state index in [1.54, 1.807) is 0 Å². The summed E-state index contributed by atoms with van der Waals surface area (Å²) in [6.45, 7) is 10.9. The number of piperazine rings is 1. The number of nitrogens with one attached hydrogen (secondary N) is 1. The molecule has 2 rings (SSSR count). The van der Waals surface area contributed by atoms with Crippen molar-refractivity contribution in [2.24, 2.45) is 5.73 Å². The van der Waals surface area contributed by atoms with Crippen LogP contribution in [0, 0.1) is 5.41 Å². The Morgan fingerprint density at radius 3 is 2.26 bits per heavy atom. The second-order valence-electron chi connectivity index (χ2n) is 5.96. The molecule has 0 unspecified atom stereocenters. The van der Waals surface area contributed by atoms with E-state index in [0.717, 1.165) is 31.9 Å². The molecule has 5 heteroatoms. The van der Waals surface area contributed by atoms with Gasteiger partial charge < -0.3 is 10.6 Å². The van der Waals surface area contributed by atoms with E-state index in [9.17, 15) is 0 Å². The molecule has 104 valence electrons. The molecule has 3 N–H and O–H groups in total. The fourth-order valence-corrected chi connectivity index (χ4v) is 2.37. The number of amidine groups is 1. The van der Waals surface area contributed by atoms with Crippen LogP contribution in [0.4, 0.5) is 5.69 Å². The fraction of sp³-hybridized carbons (Fsp3) is 0.571. The topological polar surface area (TPSA) is 69.2 Å². The van der Waals surface area contributed by atoms with Crippen LogP contribution in [0.1, 0.15) is 26.5 Å². The van der Waals surface area contributed by atoms with Gasteiger partial charge in [0, 0.05) is 31.7 Å². The molecule has 0 amide bonds. The standard InChI is InChI=1S/C14H23N5/c1-14(2,3)19-8-6-18(7-9-19)11-4-5-12(13(15)16)17-10-11/h4-5,10H,6-9H2,1-3H3,(H3,15,16). The molecule has 0 atom stereocenters. The highest BCUT2D eigenvalue weighted by atomic mass is 15.3. The molecule has 1 aliphatic rings. The van der Waals surface area contributed by atoms with Crippen molar-refractivity contribution >= 4 is 11.5 Å². The molecule has 0 radical (unpaired) electrons. The third-order valence-electron chi connectivity index (χ3n) is 3.62. The third kappa shape index (κ3) is 3.23. The summed E-state index contributed by atoms with van der Waals surface area (Å²) in [6.07, 6.45) is 1.81. The van der Waals surface area contributed by atoms with Gasteiger partial charge in [0.15, 0.2) is 0 Å². The number of hydrogen-bond acceptors (Lipinski definition) is 4. The van der Waals surface area contributed by atoms with Crippen LogP contribution in [0.5, 0.6) is 0 Å². The minimum absolute atomic E-state index is 0.0177. The van der Waals surface area contributed by atoms with Gasteiger partial charge in [0.25, 0.3) is 0 Å². The largest absolute Gasteiger partial charge is 0.382 e. The third-order valence-corrected chi connectivity index (χ3v) is 3.62. The highest BCUT2D eigenvalue weighted by molar-refractivity contribution is 5.93. The summed E-state index contributed by atoms with van der Waals surface area (Å²) < 4.78 is 0. The maximum atomic E-state index is 7.34. The van der Waals surface area contributed by atoms with E-state index in [2.05, 4.69) is 35.6 Å². The van der Waals surface area contributed by atoms with E-state index in [-0.39, 0.29) is 11.4 Å². The Labute approximate surface area is 114 Å². The quantitative estimate of drug-likeness (QED) is 0.621. The minimum Gasteiger partial charge on any atom is -0.382 e. The molecule has 19 heavy (non-hydrogen) atoms. The van der Waals surface area contributed by atoms with E-state index in [1.165, 1.54) is 0 Å². The van der Waals surface area contributed by atoms with Crippen LogP contribution in [0.25, 0.3) is 0 Å². The van der Waals surface area contributed by atoms with Crippen LogP contribution in [0.3, 0.4) is 0 Å². The zero-order valence-electron chi connectivity index (χ0n) is 12.0. The lowest BCUT2D eigenvalue weighted by molar-refractivity contribution is 0.128. The fourth-order valence-electron chi connectivity index (χ4n) is 2.37. The molecule has 1 saturated heterocycles. The zero-order chi connectivity index (χ0) is 14.0. The van der Waals surface area contributed by atoms with E-state index in [1.807, 2.05) is 18.3 Å². The van der Waals surface area contributed by atoms with Gasteiger partial charge in [-0.2, -0.15) is 0 Å². The number of rotatable bonds is 2. The maximum Gasteiger partial charge on any atom is 0.141 e. The van der Waals surface area contributed by atoms with Crippen molar-refractivity contribution in [1.29, 1.82) is 5.41 Å². The summed E-state index contributed by atoms with van der Waals surface area (Å²) in [6, 6.07) is 3.81. The number of pyridine rings is 1. The van der Waals surface area contributed by atoms with Crippen LogP contribution >= 0.6 is 0 Å². The molecule has 1 aromatic heterocycles. The average molecular weight is 261 g/mol. The first-order valence-corrected chi connectivity index (χ1v) is 6.68. The number of aromatic nitrogens is 1. The van der Waals surface area contributed by atoms with Gasteiger partial charge in [-0.3, -0.25) is 15.3 Å². The molecular weight excluding hydrogens is 238 g/mol. The summed E-state index contributed by atoms with van der Waals surface area (Å²) in [5.41, 5.74) is 7.30. The van der Waals surface area contributed by atoms with Gasteiger partial charge >= 0.3 is 0 Å². The number of hydrogen-bond donors (Lipinski definition) is 2. The highest BCUT2D eigenvalue weighted by Crippen LogP contribution is 2.20. The lowest BCUT2D eigenvalue weighted by atomic mass is 10.0. The smallest absolute Gasteiger partial charge is 0.141 e. The predicted molar refractivity (Wildman–Crippen MR) is 78.8 cm³/mol. The summed E-state index contributed by atoms with van der Waals surface area (Å²) in [4.78, 5) is 9.05. The molecule has 5 nitrogen and oxygen atoms in total. The molecule has 0 bridgehead atoms. The van der Waals surface area contributed by atoms with Crippen LogP contribution in [-0.4, -0.2) is 47.4 Å². The molecule has 0 aliphatic carbocycles. The van der Waals surface area contributed by atoms with Crippen LogP contribution < -0.4 is 10.6 Å². The second-order valence-corrected chi connectivity index (χ2v) is 5.96. The lowest BCUT2D eigenvalue weighted by Crippen LogP contribution is -2.53. The van der Waals surface area contributed by atoms with Crippen molar-refractivity contribution in [3.05, 3.63) is 24.0 Å². The van der Waals surface area contributed by atoms with E-state index >= 15 is 0 Å². The Morgan fingerprint density at radius 2 is 1.84 bits per heavy atom. The van der Waals surface area contributed by atoms with Gasteiger partial charge in [0.2, 0.25) is 0 Å². The molecule has 1 fully saturated rings. The van der Waals surface area contributed by atoms with Crippen molar-refractivity contribution in [3.8, 4) is 0 Å². The molecule has 2 heterocycles. The number of nitrogens with two attached hydrogens (primary N) is 1. The van der Waals surface area contributed by atoms with Crippen LogP contribution in [0.2, 0.25) is 0 Å². The van der Waals surface area contributed by atoms with E-state index < -0.39 is 0 Å². The van der Waals surface area contributed by atoms with Crippen LogP contribution in [-0.2, 0) is 0 Å². The molecule has 0 saturated carbocycles. The zero-order valence-corrected chi connectivity index (χ0v) is 12.0. The average Bonchev–Trinajstić information content (AvgIpc) is 2.38. The van der Waals surface area contributed by atoms with E-state index in [0.29, 0.717) is 5.69 Å². The molecule has 0 aromatic carbocycles. The normalized spacial score (nSPS) is 17.5. The van der Waals surface area contributed by atoms with Crippen molar-refractivity contribution in [1.82, 2.24) is 9.88 Å². The summed E-state index contributed by atoms with van der Waals surface area (Å²) in [7, 11) is 0. The number of nitrogen functional groups attached to an aromatic ring is 1. The van der Waals surface area contributed by atoms with Gasteiger partial charge in [0.05, 0.1) is 11.9 Å². The summed E-state index contributed by atoms with van der Waals surface area (Å²) >= 11 is 0. The monoisotopic (exact) mass is 261 g/mol. The summed E-state index contributed by atoms with van der Waals surface area (Å²) in [5, 5.41) is 7.34. The van der Waals surface area contributed by atoms with Gasteiger partial charge in [-0.15, -0.1) is 0 Å². The molecule has 1 aromatic rings. The van der Waals surface area contributed by atoms with Crippen molar-refractivity contribution in [3.63, 3.8) is 0 Å². The first-order valence-electron chi connectivity index (χ1n) is 6.68. The van der Waals surface area contributed by atoms with Crippen LogP contribution in [0.15, 0.2) is 18.3 Å². The van der Waals surface area contributed by atoms with E-state index in [4.69, 9.17) is 11.1 Å². The Kier molecular flexibility index (Phi) is 3.75. The minimum atomic E-state index is 0.0177. The summed E-state index contributed by atoms with van der Waals surface area (Å²) in [5.74, 6) is 0.0177. The Morgan fingerprint density at radius 1 is 1.21 bits per heavy atom. The lowest BCUT2D eigenvalue weighted by Gasteiger charge is -2.42. The van der Waals surface area contributed by atoms with Gasteiger partial charge in [-0.05, 0) is 32.9 Å². The SMILES string of the molecule is CC(C)(C)N1CCN(c2ccc(C(=N)N)nc2)CC1. The first kappa shape index (κ1) is 13.8. The van der Waals surface area contributed by atoms with Gasteiger partial charge in [-0.1, -0.05) is 0 Å². The second kappa shape index (κ2) is 5.17. The van der Waals surface area contributed by atoms with Gasteiger partial charge in [0.1, 0.15) is 11.5 Å². The van der Waals surface area contributed by atoms with Crippen molar-refractivity contribution in [2.75, 3.05) is 31.1 Å². The first-order chi connectivity index (χ1) is 8.88. The Bertz CT molecular complexity index is 438. The maximum absolute atomic E-state index is 7.34. The number of anilines is 1. The molecule has 0 spiro atoms. The molecular formula is C14H23N5.